The zero-order chi connectivity index (χ0) is 30.7. The second kappa shape index (κ2) is 15.5. The molecule has 0 unspecified atom stereocenters. The number of rotatable bonds is 12. The molecule has 0 fully saturated rings. The Kier molecular flexibility index (Phi) is 13.4. The maximum atomic E-state index is 13.4. The Labute approximate surface area is 239 Å². The summed E-state index contributed by atoms with van der Waals surface area (Å²) < 4.78 is 16.2. The standard InChI is InChI=1S/C30H49N3O7/c1-19(2)17-23(26(35)38-24-15-14-20(3)18-21(24)4)32-25(34)22(33-28(37)40-30(8,9)10)13-11-12-16-31-27(36)39-29(5,6)7/h14-15,18-19,22-23H,11-13,16-17H2,1-10H3,(H,31,36)(H,32,34)(H,33,37)/t22-,23-/m0/s1. The number of unbranched alkanes of at least 4 members (excludes halogenated alkanes) is 1. The summed E-state index contributed by atoms with van der Waals surface area (Å²) in [6.07, 6.45) is 0.412. The summed E-state index contributed by atoms with van der Waals surface area (Å²) in [5.41, 5.74) is 0.503. The highest BCUT2D eigenvalue weighted by Gasteiger charge is 2.30. The highest BCUT2D eigenvalue weighted by atomic mass is 16.6. The summed E-state index contributed by atoms with van der Waals surface area (Å²) >= 11 is 0. The van der Waals surface area contributed by atoms with Crippen LogP contribution < -0.4 is 20.7 Å². The second-order valence-corrected chi connectivity index (χ2v) is 12.5. The monoisotopic (exact) mass is 563 g/mol. The highest BCUT2D eigenvalue weighted by molar-refractivity contribution is 5.90. The maximum absolute atomic E-state index is 13.4. The Hall–Kier alpha value is -3.30. The minimum atomic E-state index is -0.958. The predicted octanol–water partition coefficient (Wildman–Crippen LogP) is 5.33. The van der Waals surface area contributed by atoms with Crippen LogP contribution in [0.15, 0.2) is 18.2 Å². The average molecular weight is 564 g/mol. The first-order chi connectivity index (χ1) is 18.4. The van der Waals surface area contributed by atoms with E-state index in [0.29, 0.717) is 31.6 Å². The molecule has 0 saturated carbocycles. The van der Waals surface area contributed by atoms with E-state index in [1.165, 1.54) is 0 Å². The quantitative estimate of drug-likeness (QED) is 0.178. The molecule has 0 aromatic heterocycles. The van der Waals surface area contributed by atoms with Crippen LogP contribution in [0.3, 0.4) is 0 Å². The van der Waals surface area contributed by atoms with Gasteiger partial charge in [-0.3, -0.25) is 4.79 Å². The molecule has 0 saturated heterocycles. The maximum Gasteiger partial charge on any atom is 0.408 e. The van der Waals surface area contributed by atoms with Crippen molar-refractivity contribution >= 4 is 24.1 Å². The van der Waals surface area contributed by atoms with Gasteiger partial charge >= 0.3 is 18.2 Å². The predicted molar refractivity (Wildman–Crippen MR) is 154 cm³/mol. The molecular formula is C30H49N3O7. The lowest BCUT2D eigenvalue weighted by Crippen LogP contribution is -2.53. The summed E-state index contributed by atoms with van der Waals surface area (Å²) in [5.74, 6) is -0.576. The third-order valence-corrected chi connectivity index (χ3v) is 5.44. The molecule has 10 heteroatoms. The SMILES string of the molecule is Cc1ccc(OC(=O)[C@H](CC(C)C)NC(=O)[C@H](CCCCNC(=O)OC(C)(C)C)NC(=O)OC(C)(C)C)c(C)c1. The van der Waals surface area contributed by atoms with Gasteiger partial charge < -0.3 is 30.2 Å². The van der Waals surface area contributed by atoms with Gasteiger partial charge in [-0.1, -0.05) is 31.5 Å². The normalized spacial score (nSPS) is 13.2. The van der Waals surface area contributed by atoms with Gasteiger partial charge in [-0.25, -0.2) is 14.4 Å². The van der Waals surface area contributed by atoms with E-state index in [1.807, 2.05) is 39.8 Å². The van der Waals surface area contributed by atoms with E-state index < -0.39 is 47.3 Å². The topological polar surface area (TPSA) is 132 Å². The number of carbonyl (C=O) groups is 4. The van der Waals surface area contributed by atoms with Crippen molar-refractivity contribution in [2.24, 2.45) is 5.92 Å². The summed E-state index contributed by atoms with van der Waals surface area (Å²) in [6.45, 7) is 18.6. The number of aryl methyl sites for hydroxylation is 2. The molecule has 3 amide bonds. The molecule has 0 aliphatic heterocycles. The first kappa shape index (κ1) is 34.7. The molecule has 1 aromatic rings. The lowest BCUT2D eigenvalue weighted by Gasteiger charge is -2.25. The molecule has 0 aliphatic carbocycles. The lowest BCUT2D eigenvalue weighted by atomic mass is 10.0. The van der Waals surface area contributed by atoms with Crippen molar-refractivity contribution in [2.45, 2.75) is 118 Å². The number of hydrogen-bond acceptors (Lipinski definition) is 7. The van der Waals surface area contributed by atoms with E-state index in [9.17, 15) is 19.2 Å². The molecule has 10 nitrogen and oxygen atoms in total. The van der Waals surface area contributed by atoms with Crippen molar-refractivity contribution in [3.63, 3.8) is 0 Å². The Morgan fingerprint density at radius 2 is 1.43 bits per heavy atom. The fraction of sp³-hybridized carbons (Fsp3) is 0.667. The van der Waals surface area contributed by atoms with Crippen LogP contribution in [-0.2, 0) is 19.1 Å². The number of ether oxygens (including phenoxy) is 3. The van der Waals surface area contributed by atoms with Crippen molar-refractivity contribution in [3.8, 4) is 5.75 Å². The molecule has 0 bridgehead atoms. The molecule has 0 heterocycles. The Morgan fingerprint density at radius 3 is 1.98 bits per heavy atom. The van der Waals surface area contributed by atoms with E-state index in [-0.39, 0.29) is 12.3 Å². The van der Waals surface area contributed by atoms with E-state index in [4.69, 9.17) is 14.2 Å². The minimum absolute atomic E-state index is 0.0909. The molecule has 1 rings (SSSR count). The van der Waals surface area contributed by atoms with Gasteiger partial charge in [0.2, 0.25) is 5.91 Å². The van der Waals surface area contributed by atoms with Gasteiger partial charge in [0.15, 0.2) is 0 Å². The van der Waals surface area contributed by atoms with Crippen LogP contribution in [0.4, 0.5) is 9.59 Å². The second-order valence-electron chi connectivity index (χ2n) is 12.5. The highest BCUT2D eigenvalue weighted by Crippen LogP contribution is 2.20. The molecule has 0 radical (unpaired) electrons. The molecule has 226 valence electrons. The molecule has 40 heavy (non-hydrogen) atoms. The van der Waals surface area contributed by atoms with Crippen molar-refractivity contribution in [2.75, 3.05) is 6.54 Å². The van der Waals surface area contributed by atoms with Gasteiger partial charge in [-0.15, -0.1) is 0 Å². The summed E-state index contributed by atoms with van der Waals surface area (Å²) in [5, 5.41) is 8.09. The van der Waals surface area contributed by atoms with Gasteiger partial charge in [0.25, 0.3) is 0 Å². The summed E-state index contributed by atoms with van der Waals surface area (Å²) in [6, 6.07) is 3.63. The first-order valence-electron chi connectivity index (χ1n) is 13.9. The van der Waals surface area contributed by atoms with Crippen LogP contribution in [0.25, 0.3) is 0 Å². The number of hydrogen-bond donors (Lipinski definition) is 3. The number of nitrogens with one attached hydrogen (secondary N) is 3. The number of amides is 3. The molecule has 2 atom stereocenters. The van der Waals surface area contributed by atoms with E-state index in [2.05, 4.69) is 16.0 Å². The van der Waals surface area contributed by atoms with E-state index in [1.54, 1.807) is 47.6 Å². The summed E-state index contributed by atoms with van der Waals surface area (Å²) in [4.78, 5) is 50.8. The Balaban J connectivity index is 2.92. The number of esters is 1. The number of benzene rings is 1. The molecule has 0 spiro atoms. The van der Waals surface area contributed by atoms with Crippen molar-refractivity contribution in [1.29, 1.82) is 0 Å². The fourth-order valence-corrected chi connectivity index (χ4v) is 3.75. The van der Waals surface area contributed by atoms with Gasteiger partial charge in [-0.2, -0.15) is 0 Å². The van der Waals surface area contributed by atoms with E-state index in [0.717, 1.165) is 11.1 Å². The van der Waals surface area contributed by atoms with Gasteiger partial charge in [0, 0.05) is 6.54 Å². The van der Waals surface area contributed by atoms with Gasteiger partial charge in [0.1, 0.15) is 29.0 Å². The van der Waals surface area contributed by atoms with Crippen LogP contribution in [0.2, 0.25) is 0 Å². The molecular weight excluding hydrogens is 514 g/mol. The summed E-state index contributed by atoms with van der Waals surface area (Å²) in [7, 11) is 0. The average Bonchev–Trinajstić information content (AvgIpc) is 2.76. The van der Waals surface area contributed by atoms with Crippen LogP contribution in [-0.4, -0.2) is 53.9 Å². The van der Waals surface area contributed by atoms with Crippen LogP contribution in [0.1, 0.15) is 92.2 Å². The van der Waals surface area contributed by atoms with Crippen molar-refractivity contribution in [3.05, 3.63) is 29.3 Å². The minimum Gasteiger partial charge on any atom is -0.444 e. The van der Waals surface area contributed by atoms with Crippen molar-refractivity contribution in [1.82, 2.24) is 16.0 Å². The van der Waals surface area contributed by atoms with Crippen LogP contribution in [0, 0.1) is 19.8 Å². The Morgan fingerprint density at radius 1 is 0.825 bits per heavy atom. The van der Waals surface area contributed by atoms with Crippen LogP contribution >= 0.6 is 0 Å². The first-order valence-corrected chi connectivity index (χ1v) is 13.9. The zero-order valence-electron chi connectivity index (χ0n) is 25.9. The molecule has 3 N–H and O–H groups in total. The zero-order valence-corrected chi connectivity index (χ0v) is 25.9. The third-order valence-electron chi connectivity index (χ3n) is 5.44. The largest absolute Gasteiger partial charge is 0.444 e. The Bertz CT molecular complexity index is 1010. The van der Waals surface area contributed by atoms with Gasteiger partial charge in [0.05, 0.1) is 0 Å². The smallest absolute Gasteiger partial charge is 0.408 e. The van der Waals surface area contributed by atoms with Crippen molar-refractivity contribution < 1.29 is 33.4 Å². The lowest BCUT2D eigenvalue weighted by molar-refractivity contribution is -0.140. The van der Waals surface area contributed by atoms with Gasteiger partial charge in [-0.05, 0) is 98.6 Å². The molecule has 1 aromatic carbocycles. The molecule has 0 aliphatic rings. The van der Waals surface area contributed by atoms with Crippen LogP contribution in [0.5, 0.6) is 5.75 Å². The number of carbonyl (C=O) groups excluding carboxylic acids is 4. The third kappa shape index (κ3) is 14.7. The fourth-order valence-electron chi connectivity index (χ4n) is 3.75. The van der Waals surface area contributed by atoms with E-state index >= 15 is 0 Å². The number of alkyl carbamates (subject to hydrolysis) is 2.